The lowest BCUT2D eigenvalue weighted by Crippen LogP contribution is -2.20. The summed E-state index contributed by atoms with van der Waals surface area (Å²) in [6.07, 6.45) is -10.5. The number of hydrogen-bond acceptors (Lipinski definition) is 3. The van der Waals surface area contributed by atoms with Crippen molar-refractivity contribution in [1.82, 2.24) is 0 Å². The maximum Gasteiger partial charge on any atom is 0.417 e. The second-order valence-electron chi connectivity index (χ2n) is 8.68. The zero-order chi connectivity index (χ0) is 28.6. The number of rotatable bonds is 6. The van der Waals surface area contributed by atoms with Crippen LogP contribution in [0.4, 0.5) is 26.3 Å². The molecular weight excluding hydrogens is 562 g/mol. The summed E-state index contributed by atoms with van der Waals surface area (Å²) in [5.41, 5.74) is -2.12. The van der Waals surface area contributed by atoms with Gasteiger partial charge < -0.3 is 0 Å². The van der Waals surface area contributed by atoms with E-state index in [2.05, 4.69) is 0 Å². The van der Waals surface area contributed by atoms with E-state index in [9.17, 15) is 34.8 Å². The first-order valence-electron chi connectivity index (χ1n) is 11.4. The highest BCUT2D eigenvalue weighted by Gasteiger charge is 2.45. The number of benzene rings is 4. The third-order valence-electron chi connectivity index (χ3n) is 5.86. The molecule has 0 N–H and O–H groups in total. The molecule has 0 radical (unpaired) electrons. The first-order chi connectivity index (χ1) is 18.2. The molecule has 0 aliphatic carbocycles. The monoisotopic (exact) mass is 584 g/mol. The number of aryl methyl sites for hydroxylation is 2. The molecule has 0 atom stereocenters. The van der Waals surface area contributed by atoms with Gasteiger partial charge in [-0.3, -0.25) is 0 Å². The lowest BCUT2D eigenvalue weighted by molar-refractivity contribution is -0.144. The lowest BCUT2D eigenvalue weighted by Gasteiger charge is -2.40. The van der Waals surface area contributed by atoms with Gasteiger partial charge in [-0.25, -0.2) is 3.63 Å². The molecule has 0 unspecified atom stereocenters. The molecule has 206 valence electrons. The van der Waals surface area contributed by atoms with E-state index in [1.807, 2.05) is 6.92 Å². The predicted molar refractivity (Wildman–Crippen MR) is 136 cm³/mol. The number of hydrogen-bond donors (Lipinski definition) is 0. The number of halogens is 6. The zero-order valence-corrected chi connectivity index (χ0v) is 22.2. The molecule has 4 aromatic rings. The lowest BCUT2D eigenvalue weighted by atomic mass is 10.1. The van der Waals surface area contributed by atoms with E-state index in [0.717, 1.165) is 5.56 Å². The standard InChI is InChI=1S/C28H22F6O3S2/c1-19-13-15-25(20(2)17-19)38(22-9-5-3-6-10-22,23-11-7-4-8-12-23)37-39(35,36)26-16-14-21(27(29,30)31)18-24(26)28(32,33)34/h3-18H,1-2H3. The van der Waals surface area contributed by atoms with Crippen LogP contribution in [-0.4, -0.2) is 8.42 Å². The van der Waals surface area contributed by atoms with Gasteiger partial charge in [0.15, 0.2) is 0 Å². The molecule has 11 heteroatoms. The topological polar surface area (TPSA) is 43.4 Å². The van der Waals surface area contributed by atoms with Crippen molar-refractivity contribution in [2.45, 2.75) is 45.8 Å². The van der Waals surface area contributed by atoms with Crippen LogP contribution in [0.3, 0.4) is 0 Å². The molecule has 0 aliphatic rings. The van der Waals surface area contributed by atoms with Crippen LogP contribution in [0.2, 0.25) is 0 Å². The number of alkyl halides is 6. The van der Waals surface area contributed by atoms with Crippen molar-refractivity contribution >= 4 is 20.4 Å². The molecule has 39 heavy (non-hydrogen) atoms. The Bertz CT molecular complexity index is 1540. The molecule has 4 aromatic carbocycles. The zero-order valence-electron chi connectivity index (χ0n) is 20.5. The summed E-state index contributed by atoms with van der Waals surface area (Å²) in [6, 6.07) is 21.9. The van der Waals surface area contributed by atoms with E-state index in [1.54, 1.807) is 85.8 Å². The SMILES string of the molecule is Cc1ccc(S(OS(=O)(=O)c2ccc(C(F)(F)F)cc2C(F)(F)F)(c2ccccc2)c2ccccc2)c(C)c1. The van der Waals surface area contributed by atoms with Gasteiger partial charge in [-0.1, -0.05) is 54.1 Å². The fourth-order valence-corrected chi connectivity index (χ4v) is 9.77. The second kappa shape index (κ2) is 10.4. The largest absolute Gasteiger partial charge is 0.417 e. The van der Waals surface area contributed by atoms with Gasteiger partial charge in [-0.15, -0.1) is 0 Å². The van der Waals surface area contributed by atoms with Gasteiger partial charge in [0.25, 0.3) is 0 Å². The summed E-state index contributed by atoms with van der Waals surface area (Å²) in [7, 11) is -8.58. The van der Waals surface area contributed by atoms with Crippen molar-refractivity contribution < 1.29 is 38.4 Å². The van der Waals surface area contributed by atoms with Crippen LogP contribution in [0, 0.1) is 13.8 Å². The van der Waals surface area contributed by atoms with Crippen molar-refractivity contribution in [2.24, 2.45) is 0 Å². The van der Waals surface area contributed by atoms with Crippen LogP contribution in [0.5, 0.6) is 0 Å². The van der Waals surface area contributed by atoms with Crippen molar-refractivity contribution in [3.8, 4) is 0 Å². The summed E-state index contributed by atoms with van der Waals surface area (Å²) < 4.78 is 115. The van der Waals surface area contributed by atoms with Crippen LogP contribution in [0.25, 0.3) is 0 Å². The summed E-state index contributed by atoms with van der Waals surface area (Å²) in [5.74, 6) is 0. The molecule has 0 saturated carbocycles. The van der Waals surface area contributed by atoms with E-state index >= 15 is 0 Å². The van der Waals surface area contributed by atoms with Gasteiger partial charge in [-0.2, -0.15) is 34.8 Å². The Hall–Kier alpha value is -3.28. The summed E-state index contributed by atoms with van der Waals surface area (Å²) >= 11 is 0. The fourth-order valence-electron chi connectivity index (χ4n) is 4.17. The highest BCUT2D eigenvalue weighted by molar-refractivity contribution is 8.33. The molecule has 0 aliphatic heterocycles. The van der Waals surface area contributed by atoms with Gasteiger partial charge in [0, 0.05) is 14.7 Å². The highest BCUT2D eigenvalue weighted by atomic mass is 32.3. The first-order valence-corrected chi connectivity index (χ1v) is 14.4. The molecule has 0 amide bonds. The Labute approximate surface area is 223 Å². The molecule has 0 bridgehead atoms. The predicted octanol–water partition coefficient (Wildman–Crippen LogP) is 8.94. The smallest absolute Gasteiger partial charge is 0.203 e. The molecule has 0 spiro atoms. The van der Waals surface area contributed by atoms with Crippen LogP contribution < -0.4 is 0 Å². The molecule has 0 heterocycles. The Morgan fingerprint density at radius 1 is 0.615 bits per heavy atom. The minimum atomic E-state index is -5.41. The average molecular weight is 585 g/mol. The minimum absolute atomic E-state index is 0.213. The average Bonchev–Trinajstić information content (AvgIpc) is 2.87. The van der Waals surface area contributed by atoms with Crippen molar-refractivity contribution in [3.05, 3.63) is 119 Å². The van der Waals surface area contributed by atoms with Crippen LogP contribution in [0.15, 0.2) is 117 Å². The van der Waals surface area contributed by atoms with Crippen molar-refractivity contribution in [2.75, 3.05) is 0 Å². The molecule has 4 rings (SSSR count). The quantitative estimate of drug-likeness (QED) is 0.213. The highest BCUT2D eigenvalue weighted by Crippen LogP contribution is 2.71. The first kappa shape index (κ1) is 28.7. The molecule has 0 fully saturated rings. The fraction of sp³-hybridized carbons (Fsp3) is 0.143. The Morgan fingerprint density at radius 3 is 1.59 bits per heavy atom. The van der Waals surface area contributed by atoms with E-state index in [-0.39, 0.29) is 6.07 Å². The molecule has 3 nitrogen and oxygen atoms in total. The van der Waals surface area contributed by atoms with Crippen LogP contribution >= 0.6 is 10.3 Å². The van der Waals surface area contributed by atoms with Gasteiger partial charge in [0.2, 0.25) is 0 Å². The van der Waals surface area contributed by atoms with Crippen molar-refractivity contribution in [1.29, 1.82) is 0 Å². The molecule has 0 aromatic heterocycles. The van der Waals surface area contributed by atoms with E-state index < -0.39 is 48.8 Å². The van der Waals surface area contributed by atoms with Gasteiger partial charge in [0.05, 0.1) is 11.1 Å². The van der Waals surface area contributed by atoms with Gasteiger partial charge >= 0.3 is 22.5 Å². The van der Waals surface area contributed by atoms with E-state index in [1.165, 1.54) is 0 Å². The summed E-state index contributed by atoms with van der Waals surface area (Å²) in [6.45, 7) is 3.56. The maximum atomic E-state index is 14.0. The van der Waals surface area contributed by atoms with Crippen LogP contribution in [-0.2, 0) is 26.1 Å². The Kier molecular flexibility index (Phi) is 7.63. The minimum Gasteiger partial charge on any atom is -0.203 e. The van der Waals surface area contributed by atoms with E-state index in [4.69, 9.17) is 3.63 Å². The second-order valence-corrected chi connectivity index (χ2v) is 13.1. The molecular formula is C28H22F6O3S2. The summed E-state index contributed by atoms with van der Waals surface area (Å²) in [5, 5.41) is 0. The van der Waals surface area contributed by atoms with Crippen molar-refractivity contribution in [3.63, 3.8) is 0 Å². The maximum absolute atomic E-state index is 14.0. The van der Waals surface area contributed by atoms with E-state index in [0.29, 0.717) is 32.4 Å². The van der Waals surface area contributed by atoms with Gasteiger partial charge in [-0.05, 0) is 78.3 Å². The third-order valence-corrected chi connectivity index (χ3v) is 11.2. The molecule has 0 saturated heterocycles. The Morgan fingerprint density at radius 2 is 1.13 bits per heavy atom. The normalized spacial score (nSPS) is 13.3. The van der Waals surface area contributed by atoms with Crippen LogP contribution in [0.1, 0.15) is 22.3 Å². The third kappa shape index (κ3) is 5.70. The van der Waals surface area contributed by atoms with Gasteiger partial charge in [0.1, 0.15) is 4.90 Å². The summed E-state index contributed by atoms with van der Waals surface area (Å²) in [4.78, 5) is -0.259. The Balaban J connectivity index is 2.06.